The van der Waals surface area contributed by atoms with Gasteiger partial charge in [0.2, 0.25) is 0 Å². The molecule has 1 N–H and O–H groups in total. The number of rotatable bonds is 5. The smallest absolute Gasteiger partial charge is 0.266 e. The van der Waals surface area contributed by atoms with Crippen molar-refractivity contribution in [1.82, 2.24) is 4.98 Å². The maximum Gasteiger partial charge on any atom is 0.266 e. The topological polar surface area (TPSA) is 92.1 Å². The van der Waals surface area contributed by atoms with Crippen molar-refractivity contribution in [3.05, 3.63) is 40.9 Å². The lowest BCUT2D eigenvalue weighted by Gasteiger charge is -2.13. The Kier molecular flexibility index (Phi) is 4.86. The fourth-order valence-electron chi connectivity index (χ4n) is 1.57. The highest BCUT2D eigenvalue weighted by atomic mass is 32.1. The minimum absolute atomic E-state index is 0.154. The van der Waals surface area contributed by atoms with Crippen LogP contribution in [-0.4, -0.2) is 22.8 Å². The molecule has 7 heteroatoms. The predicted molar refractivity (Wildman–Crippen MR) is 82.0 cm³/mol. The van der Waals surface area contributed by atoms with Crippen molar-refractivity contribution < 1.29 is 14.3 Å². The molecule has 0 aliphatic heterocycles. The number of amides is 1. The summed E-state index contributed by atoms with van der Waals surface area (Å²) in [5, 5.41) is 13.3. The molecule has 112 valence electrons. The highest BCUT2D eigenvalue weighted by Crippen LogP contribution is 2.17. The monoisotopic (exact) mass is 315 g/mol. The summed E-state index contributed by atoms with van der Waals surface area (Å²) in [4.78, 5) is 27.2. The van der Waals surface area contributed by atoms with Crippen LogP contribution in [0.1, 0.15) is 29.9 Å². The number of nitriles is 1. The van der Waals surface area contributed by atoms with E-state index in [1.54, 1.807) is 36.6 Å². The molecule has 1 aromatic heterocycles. The van der Waals surface area contributed by atoms with Gasteiger partial charge in [0, 0.05) is 12.3 Å². The van der Waals surface area contributed by atoms with Gasteiger partial charge in [-0.2, -0.15) is 5.26 Å². The first-order valence-electron chi connectivity index (χ1n) is 6.43. The van der Waals surface area contributed by atoms with E-state index in [4.69, 9.17) is 10.00 Å². The van der Waals surface area contributed by atoms with Crippen molar-refractivity contribution in [2.75, 3.05) is 5.32 Å². The van der Waals surface area contributed by atoms with Crippen molar-refractivity contribution in [2.45, 2.75) is 20.0 Å². The Morgan fingerprint density at radius 1 is 1.36 bits per heavy atom. The molecule has 1 unspecified atom stereocenters. The molecular weight excluding hydrogens is 302 g/mol. The average molecular weight is 315 g/mol. The zero-order valence-electron chi connectivity index (χ0n) is 12.0. The third kappa shape index (κ3) is 3.90. The third-order valence-electron chi connectivity index (χ3n) is 2.76. The Morgan fingerprint density at radius 3 is 2.59 bits per heavy atom. The molecule has 2 aromatic rings. The van der Waals surface area contributed by atoms with Crippen molar-refractivity contribution in [1.29, 1.82) is 5.26 Å². The van der Waals surface area contributed by atoms with Gasteiger partial charge in [-0.25, -0.2) is 4.98 Å². The first kappa shape index (κ1) is 15.7. The molecule has 0 spiro atoms. The summed E-state index contributed by atoms with van der Waals surface area (Å²) < 4.78 is 5.49. The van der Waals surface area contributed by atoms with Crippen LogP contribution in [-0.2, 0) is 4.79 Å². The molecule has 2 rings (SSSR count). The number of hydrogen-bond donors (Lipinski definition) is 1. The number of nitrogens with one attached hydrogen (secondary N) is 1. The number of carbonyl (C=O) groups excluding carboxylic acids is 2. The summed E-state index contributed by atoms with van der Waals surface area (Å²) in [5.41, 5.74) is 0.838. The summed E-state index contributed by atoms with van der Waals surface area (Å²) in [6.45, 7) is 3.02. The van der Waals surface area contributed by atoms with E-state index in [1.165, 1.54) is 18.3 Å². The van der Waals surface area contributed by atoms with Gasteiger partial charge in [-0.05, 0) is 31.2 Å². The number of carbonyl (C=O) groups is 2. The maximum atomic E-state index is 12.0. The van der Waals surface area contributed by atoms with Crippen LogP contribution in [0.2, 0.25) is 0 Å². The molecule has 0 saturated heterocycles. The Balaban J connectivity index is 1.96. The molecule has 1 atom stereocenters. The molecule has 6 nitrogen and oxygen atoms in total. The minimum Gasteiger partial charge on any atom is -0.481 e. The largest absolute Gasteiger partial charge is 0.481 e. The molecule has 1 amide bonds. The molecule has 22 heavy (non-hydrogen) atoms. The Hall–Kier alpha value is -2.72. The van der Waals surface area contributed by atoms with Gasteiger partial charge in [0.15, 0.2) is 17.0 Å². The Bertz CT molecular complexity index is 731. The number of thiazole rings is 1. The number of aromatic nitrogens is 1. The van der Waals surface area contributed by atoms with E-state index in [0.717, 1.165) is 0 Å². The quantitative estimate of drug-likeness (QED) is 0.856. The van der Waals surface area contributed by atoms with Crippen molar-refractivity contribution in [2.24, 2.45) is 0 Å². The van der Waals surface area contributed by atoms with Crippen molar-refractivity contribution in [3.63, 3.8) is 0 Å². The van der Waals surface area contributed by atoms with E-state index in [1.807, 2.05) is 6.07 Å². The molecule has 0 saturated carbocycles. The molecule has 0 bridgehead atoms. The van der Waals surface area contributed by atoms with E-state index >= 15 is 0 Å². The minimum atomic E-state index is -0.738. The Morgan fingerprint density at radius 2 is 2.05 bits per heavy atom. The summed E-state index contributed by atoms with van der Waals surface area (Å²) in [6.07, 6.45) is -0.738. The summed E-state index contributed by atoms with van der Waals surface area (Å²) in [6, 6.07) is 8.48. The number of benzene rings is 1. The first-order chi connectivity index (χ1) is 10.5. The molecule has 0 fully saturated rings. The van der Waals surface area contributed by atoms with Gasteiger partial charge >= 0.3 is 0 Å². The van der Waals surface area contributed by atoms with Gasteiger partial charge in [-0.15, -0.1) is 11.3 Å². The lowest BCUT2D eigenvalue weighted by molar-refractivity contribution is -0.122. The second kappa shape index (κ2) is 6.83. The van der Waals surface area contributed by atoms with Crippen molar-refractivity contribution in [3.8, 4) is 11.8 Å². The predicted octanol–water partition coefficient (Wildman–Crippen LogP) is 2.62. The number of anilines is 1. The van der Waals surface area contributed by atoms with E-state index in [2.05, 4.69) is 10.3 Å². The number of ketones is 1. The second-order valence-corrected chi connectivity index (χ2v) is 5.34. The summed E-state index contributed by atoms with van der Waals surface area (Å²) >= 11 is 1.18. The van der Waals surface area contributed by atoms with Crippen LogP contribution >= 0.6 is 11.3 Å². The highest BCUT2D eigenvalue weighted by molar-refractivity contribution is 7.14. The first-order valence-corrected chi connectivity index (χ1v) is 7.31. The third-order valence-corrected chi connectivity index (χ3v) is 3.52. The van der Waals surface area contributed by atoms with Crippen LogP contribution in [0.5, 0.6) is 5.75 Å². The lowest BCUT2D eigenvalue weighted by atomic mass is 10.2. The van der Waals surface area contributed by atoms with Gasteiger partial charge in [0.25, 0.3) is 5.91 Å². The number of Topliss-reactive ketones (excluding diaryl/α,β-unsaturated/α-hetero) is 1. The van der Waals surface area contributed by atoms with Gasteiger partial charge < -0.3 is 4.74 Å². The standard InChI is InChI=1S/C15H13N3O3S/c1-9(19)13-8-22-15(17-13)18-14(20)10(2)21-12-5-3-11(7-16)4-6-12/h3-6,8,10H,1-2H3,(H,17,18,20). The van der Waals surface area contributed by atoms with Crippen molar-refractivity contribution >= 4 is 28.2 Å². The van der Waals surface area contributed by atoms with E-state index in [0.29, 0.717) is 22.1 Å². The second-order valence-electron chi connectivity index (χ2n) is 4.48. The van der Waals surface area contributed by atoms with Gasteiger partial charge in [-0.3, -0.25) is 14.9 Å². The van der Waals surface area contributed by atoms with E-state index < -0.39 is 6.10 Å². The fraction of sp³-hybridized carbons (Fsp3) is 0.200. The fourth-order valence-corrected chi connectivity index (χ4v) is 2.32. The number of nitrogens with zero attached hydrogens (tertiary/aromatic N) is 2. The number of ether oxygens (including phenoxy) is 1. The van der Waals surface area contributed by atoms with E-state index in [9.17, 15) is 9.59 Å². The molecule has 0 aliphatic carbocycles. The highest BCUT2D eigenvalue weighted by Gasteiger charge is 2.17. The zero-order chi connectivity index (χ0) is 16.1. The van der Waals surface area contributed by atoms with Gasteiger partial charge in [0.1, 0.15) is 11.4 Å². The molecule has 0 radical (unpaired) electrons. The van der Waals surface area contributed by atoms with Gasteiger partial charge in [0.05, 0.1) is 11.6 Å². The van der Waals surface area contributed by atoms with Crippen LogP contribution in [0.25, 0.3) is 0 Å². The van der Waals surface area contributed by atoms with E-state index in [-0.39, 0.29) is 11.7 Å². The molecule has 1 heterocycles. The zero-order valence-corrected chi connectivity index (χ0v) is 12.8. The molecule has 1 aromatic carbocycles. The lowest BCUT2D eigenvalue weighted by Crippen LogP contribution is -2.30. The SMILES string of the molecule is CC(=O)c1csc(NC(=O)C(C)Oc2ccc(C#N)cc2)n1. The van der Waals surface area contributed by atoms with Crippen LogP contribution in [0, 0.1) is 11.3 Å². The van der Waals surface area contributed by atoms with Crippen LogP contribution < -0.4 is 10.1 Å². The van der Waals surface area contributed by atoms with Crippen LogP contribution in [0.4, 0.5) is 5.13 Å². The summed E-state index contributed by atoms with van der Waals surface area (Å²) in [5.74, 6) is -0.0299. The van der Waals surface area contributed by atoms with Crippen LogP contribution in [0.3, 0.4) is 0 Å². The van der Waals surface area contributed by atoms with Gasteiger partial charge in [-0.1, -0.05) is 0 Å². The normalized spacial score (nSPS) is 11.3. The Labute approximate surface area is 131 Å². The average Bonchev–Trinajstić information content (AvgIpc) is 2.96. The number of hydrogen-bond acceptors (Lipinski definition) is 6. The van der Waals surface area contributed by atoms with Crippen LogP contribution in [0.15, 0.2) is 29.6 Å². The molecule has 0 aliphatic rings. The molecular formula is C15H13N3O3S. The summed E-state index contributed by atoms with van der Waals surface area (Å²) in [7, 11) is 0. The maximum absolute atomic E-state index is 12.0.